The summed E-state index contributed by atoms with van der Waals surface area (Å²) in [6.07, 6.45) is 0. The van der Waals surface area contributed by atoms with E-state index < -0.39 is 0 Å². The van der Waals surface area contributed by atoms with Gasteiger partial charge in [-0.3, -0.25) is 0 Å². The maximum absolute atomic E-state index is 4.64. The molecule has 0 heterocycles. The Morgan fingerprint density at radius 3 is 1.28 bits per heavy atom. The molecule has 0 amide bonds. The first-order chi connectivity index (χ1) is 8.97. The third-order valence-electron chi connectivity index (χ3n) is 1.71. The molecule has 0 aliphatic carbocycles. The number of rotatable bonds is 1. The van der Waals surface area contributed by atoms with Crippen molar-refractivity contribution in [3.63, 3.8) is 0 Å². The van der Waals surface area contributed by atoms with Crippen LogP contribution in [0, 0.1) is 12.1 Å². The molecule has 0 radical (unpaired) electrons. The van der Waals surface area contributed by atoms with E-state index in [-0.39, 0.29) is 0 Å². The van der Waals surface area contributed by atoms with Crippen molar-refractivity contribution in [3.05, 3.63) is 60.7 Å². The first-order valence-electron chi connectivity index (χ1n) is 4.70. The monoisotopic (exact) mass is 512 g/mol. The molecular weight excluding hydrogens is 496 g/mol. The molecule has 4 atom stereocenters. The number of benzene rings is 2. The van der Waals surface area contributed by atoms with Crippen LogP contribution in [0.4, 0.5) is 0 Å². The Kier molecular flexibility index (Phi) is 21.5. The van der Waals surface area contributed by atoms with E-state index in [2.05, 4.69) is 57.4 Å². The fourth-order valence-electron chi connectivity index (χ4n) is 1.12. The van der Waals surface area contributed by atoms with Crippen molar-refractivity contribution in [2.24, 2.45) is 0 Å². The van der Waals surface area contributed by atoms with Gasteiger partial charge in [-0.15, -0.1) is 47.8 Å². The number of hydrogen-bond acceptors (Lipinski definition) is 0. The van der Waals surface area contributed by atoms with Gasteiger partial charge in [0.15, 0.2) is 0 Å². The molecule has 0 aliphatic heterocycles. The molecule has 0 saturated carbocycles. The molecule has 18 heavy (non-hydrogen) atoms. The molecule has 0 N–H and O–H groups in total. The molecule has 0 spiro atoms. The van der Waals surface area contributed by atoms with Gasteiger partial charge in [-0.1, -0.05) is 0 Å². The van der Waals surface area contributed by atoms with Crippen LogP contribution in [0.1, 0.15) is 0 Å². The minimum absolute atomic E-state index is 1.10. The van der Waals surface area contributed by atoms with Gasteiger partial charge in [0, 0.05) is 0 Å². The second kappa shape index (κ2) is 18.1. The third kappa shape index (κ3) is 9.96. The van der Waals surface area contributed by atoms with Gasteiger partial charge in [0.25, 0.3) is 0 Å². The van der Waals surface area contributed by atoms with Crippen molar-refractivity contribution in [3.8, 4) is 11.1 Å². The normalized spacial score (nSPS) is 7.44. The fourth-order valence-corrected chi connectivity index (χ4v) is 1.12. The van der Waals surface area contributed by atoms with Gasteiger partial charge in [-0.2, -0.15) is 48.5 Å². The molecule has 0 fully saturated rings. The third-order valence-corrected chi connectivity index (χ3v) is 1.71. The summed E-state index contributed by atoms with van der Waals surface area (Å²) in [7, 11) is 14.0. The SMILES string of the molecule is PP.PP.[Cl][Ir+2].[c-]1ccccc1-c1[c-]cccc1. The van der Waals surface area contributed by atoms with E-state index in [1.165, 1.54) is 17.9 Å². The van der Waals surface area contributed by atoms with E-state index in [0.29, 0.717) is 0 Å². The van der Waals surface area contributed by atoms with Crippen LogP contribution in [0.5, 0.6) is 0 Å². The molecule has 6 heteroatoms. The summed E-state index contributed by atoms with van der Waals surface area (Å²) in [4.78, 5) is 0. The largest absolute Gasteiger partial charge is 0.226 e. The van der Waals surface area contributed by atoms with Crippen molar-refractivity contribution in [2.45, 2.75) is 0 Å². The Balaban J connectivity index is 0. The van der Waals surface area contributed by atoms with Crippen LogP contribution in [0.15, 0.2) is 48.5 Å². The Labute approximate surface area is 134 Å². The molecule has 0 bridgehead atoms. The molecule has 2 aromatic rings. The van der Waals surface area contributed by atoms with E-state index in [1.54, 1.807) is 0 Å². The molecule has 0 aromatic heterocycles. The van der Waals surface area contributed by atoms with Crippen molar-refractivity contribution in [1.29, 1.82) is 0 Å². The summed E-state index contributed by atoms with van der Waals surface area (Å²) >= 11 is 1.47. The summed E-state index contributed by atoms with van der Waals surface area (Å²) < 4.78 is 0. The van der Waals surface area contributed by atoms with Gasteiger partial charge in [0.1, 0.15) is 0 Å². The summed E-state index contributed by atoms with van der Waals surface area (Å²) in [5, 5.41) is 0. The Bertz CT molecular complexity index is 321. The van der Waals surface area contributed by atoms with E-state index in [0.717, 1.165) is 11.1 Å². The van der Waals surface area contributed by atoms with Gasteiger partial charge < -0.3 is 0 Å². The van der Waals surface area contributed by atoms with Gasteiger partial charge in [-0.25, -0.2) is 11.1 Å². The summed E-state index contributed by atoms with van der Waals surface area (Å²) in [6.45, 7) is 0. The maximum Gasteiger partial charge on any atom is -0.144 e. The Morgan fingerprint density at radius 1 is 0.722 bits per heavy atom. The molecule has 0 saturated heterocycles. The standard InChI is InChI=1S/C12H8.ClH.Ir.2H4P2/c1-3-7-11(8-4-1)12-9-5-2-6-10-12;;;2*1-2/h1-7,9H;1H;;2*1-2H2/q-2;;+3;;/p-1. The van der Waals surface area contributed by atoms with E-state index in [9.17, 15) is 0 Å². The zero-order chi connectivity index (χ0) is 14.2. The van der Waals surface area contributed by atoms with Crippen molar-refractivity contribution in [2.75, 3.05) is 0 Å². The van der Waals surface area contributed by atoms with Gasteiger partial charge >= 0.3 is 27.5 Å². The molecule has 100 valence electrons. The topological polar surface area (TPSA) is 0 Å². The average Bonchev–Trinajstić information content (AvgIpc) is 2.55. The quantitative estimate of drug-likeness (QED) is 0.376. The van der Waals surface area contributed by atoms with Gasteiger partial charge in [0.2, 0.25) is 0 Å². The number of halogens is 1. The Morgan fingerprint density at radius 2 is 1.06 bits per heavy atom. The molecule has 4 unspecified atom stereocenters. The molecule has 2 aromatic carbocycles. The second-order valence-corrected chi connectivity index (χ2v) is 2.55. The maximum atomic E-state index is 4.64. The van der Waals surface area contributed by atoms with Crippen LogP contribution < -0.4 is 0 Å². The van der Waals surface area contributed by atoms with Crippen molar-refractivity contribution in [1.82, 2.24) is 0 Å². The van der Waals surface area contributed by atoms with Crippen molar-refractivity contribution < 1.29 is 17.9 Å². The van der Waals surface area contributed by atoms with Gasteiger partial charge in [0.05, 0.1) is 0 Å². The van der Waals surface area contributed by atoms with E-state index in [4.69, 9.17) is 0 Å². The fraction of sp³-hybridized carbons (Fsp3) is 0. The molecule has 0 aliphatic rings. The van der Waals surface area contributed by atoms with Crippen LogP contribution in [0.2, 0.25) is 0 Å². The van der Waals surface area contributed by atoms with Crippen LogP contribution >= 0.6 is 45.3 Å². The van der Waals surface area contributed by atoms with E-state index >= 15 is 0 Å². The zero-order valence-corrected chi connectivity index (χ0v) is 17.4. The van der Waals surface area contributed by atoms with Crippen LogP contribution in [-0.2, 0) is 17.9 Å². The second-order valence-electron chi connectivity index (χ2n) is 2.55. The van der Waals surface area contributed by atoms with Crippen LogP contribution in [0.3, 0.4) is 0 Å². The van der Waals surface area contributed by atoms with Gasteiger partial charge in [-0.05, 0) is 0 Å². The average molecular weight is 512 g/mol. The number of hydrogen-bond donors (Lipinski definition) is 0. The van der Waals surface area contributed by atoms with Crippen LogP contribution in [0.25, 0.3) is 11.1 Å². The summed E-state index contributed by atoms with van der Waals surface area (Å²) in [6, 6.07) is 22.1. The summed E-state index contributed by atoms with van der Waals surface area (Å²) in [5.74, 6) is 0. The Hall–Kier alpha value is 1.10. The predicted octanol–water partition coefficient (Wildman–Crippen LogP) is 4.94. The minimum atomic E-state index is 1.10. The van der Waals surface area contributed by atoms with E-state index in [1.807, 2.05) is 48.5 Å². The first kappa shape index (κ1) is 21.4. The zero-order valence-electron chi connectivity index (χ0n) is 9.64. The predicted molar refractivity (Wildman–Crippen MR) is 94.2 cm³/mol. The molecular formula is C12H16ClIrP4. The summed E-state index contributed by atoms with van der Waals surface area (Å²) in [5.41, 5.74) is 2.19. The van der Waals surface area contributed by atoms with Crippen LogP contribution in [-0.4, -0.2) is 0 Å². The minimum Gasteiger partial charge on any atom is -0.226 e. The molecule has 2 rings (SSSR count). The van der Waals surface area contributed by atoms with Crippen molar-refractivity contribution >= 4 is 45.3 Å². The molecule has 0 nitrogen and oxygen atoms in total. The smallest absolute Gasteiger partial charge is 0.144 e. The first-order valence-corrected chi connectivity index (χ1v) is 13.0.